The molecule has 2 aromatic rings. The number of nitrogens with zero attached hydrogens (tertiary/aromatic N) is 1. The van der Waals surface area contributed by atoms with Crippen LogP contribution in [-0.4, -0.2) is 10.9 Å². The molecule has 0 radical (unpaired) electrons. The summed E-state index contributed by atoms with van der Waals surface area (Å²) in [5.41, 5.74) is 2.29. The number of hydrogen-bond donors (Lipinski definition) is 0. The van der Waals surface area contributed by atoms with E-state index in [1.54, 1.807) is 0 Å². The van der Waals surface area contributed by atoms with Gasteiger partial charge in [0.05, 0.1) is 0 Å². The van der Waals surface area contributed by atoms with Crippen LogP contribution in [-0.2, 0) is 11.8 Å². The number of hydrogen-bond acceptors (Lipinski definition) is 1. The van der Waals surface area contributed by atoms with Crippen LogP contribution < -0.4 is 0 Å². The van der Waals surface area contributed by atoms with Gasteiger partial charge in [0, 0.05) is 30.1 Å². The van der Waals surface area contributed by atoms with Crippen molar-refractivity contribution in [3.05, 3.63) is 36.0 Å². The Morgan fingerprint density at radius 1 is 1.36 bits per heavy atom. The maximum Gasteiger partial charge on any atom is 0.127 e. The minimum Gasteiger partial charge on any atom is -0.351 e. The van der Waals surface area contributed by atoms with E-state index < -0.39 is 0 Å². The molecular weight excluding hydrogens is 174 g/mol. The Kier molecular flexibility index (Phi) is 2.12. The molecule has 0 spiro atoms. The van der Waals surface area contributed by atoms with Gasteiger partial charge in [-0.2, -0.15) is 0 Å². The quantitative estimate of drug-likeness (QED) is 0.662. The number of aldehydes is 1. The number of rotatable bonds is 2. The molecule has 1 atom stereocenters. The summed E-state index contributed by atoms with van der Waals surface area (Å²) in [5, 5.41) is 1.18. The van der Waals surface area contributed by atoms with Gasteiger partial charge in [-0.1, -0.05) is 19.1 Å². The minimum atomic E-state index is -0.0268. The number of aryl methyl sites for hydroxylation is 1. The number of carbonyl (C=O) groups excluding carboxylic acids is 1. The predicted octanol–water partition coefficient (Wildman–Crippen LogP) is 2.48. The molecule has 72 valence electrons. The molecule has 0 saturated heterocycles. The minimum absolute atomic E-state index is 0.0268. The zero-order chi connectivity index (χ0) is 10.1. The van der Waals surface area contributed by atoms with E-state index >= 15 is 0 Å². The van der Waals surface area contributed by atoms with Gasteiger partial charge in [0.25, 0.3) is 0 Å². The SMILES string of the molecule is CC(C=O)c1cccc2c1ccn2C. The molecule has 0 bridgehead atoms. The third-order valence-corrected chi connectivity index (χ3v) is 2.66. The zero-order valence-corrected chi connectivity index (χ0v) is 8.40. The zero-order valence-electron chi connectivity index (χ0n) is 8.40. The average Bonchev–Trinajstić information content (AvgIpc) is 2.59. The molecule has 0 N–H and O–H groups in total. The van der Waals surface area contributed by atoms with Crippen LogP contribution >= 0.6 is 0 Å². The van der Waals surface area contributed by atoms with Gasteiger partial charge in [0.15, 0.2) is 0 Å². The van der Waals surface area contributed by atoms with E-state index in [0.717, 1.165) is 11.8 Å². The van der Waals surface area contributed by atoms with Crippen molar-refractivity contribution in [2.45, 2.75) is 12.8 Å². The normalized spacial score (nSPS) is 13.0. The molecule has 0 aliphatic heterocycles. The van der Waals surface area contributed by atoms with Gasteiger partial charge in [-0.3, -0.25) is 0 Å². The second-order valence-corrected chi connectivity index (χ2v) is 3.63. The third-order valence-electron chi connectivity index (χ3n) is 2.66. The maximum absolute atomic E-state index is 10.7. The molecule has 2 heteroatoms. The number of carbonyl (C=O) groups is 1. The summed E-state index contributed by atoms with van der Waals surface area (Å²) in [5.74, 6) is -0.0268. The Balaban J connectivity index is 2.71. The summed E-state index contributed by atoms with van der Waals surface area (Å²) in [7, 11) is 2.01. The Bertz CT molecular complexity index is 470. The smallest absolute Gasteiger partial charge is 0.127 e. The molecule has 2 nitrogen and oxygen atoms in total. The lowest BCUT2D eigenvalue weighted by molar-refractivity contribution is -0.108. The molecule has 0 amide bonds. The molecule has 0 aliphatic rings. The fourth-order valence-corrected chi connectivity index (χ4v) is 1.80. The first kappa shape index (κ1) is 9.00. The largest absolute Gasteiger partial charge is 0.351 e. The Morgan fingerprint density at radius 3 is 2.86 bits per heavy atom. The van der Waals surface area contributed by atoms with Crippen LogP contribution in [0.15, 0.2) is 30.5 Å². The summed E-state index contributed by atoms with van der Waals surface area (Å²) in [4.78, 5) is 10.7. The van der Waals surface area contributed by atoms with E-state index in [0.29, 0.717) is 0 Å². The van der Waals surface area contributed by atoms with Crippen LogP contribution in [0.25, 0.3) is 10.9 Å². The lowest BCUT2D eigenvalue weighted by Gasteiger charge is -2.06. The Morgan fingerprint density at radius 2 is 2.14 bits per heavy atom. The van der Waals surface area contributed by atoms with E-state index in [-0.39, 0.29) is 5.92 Å². The topological polar surface area (TPSA) is 22.0 Å². The molecule has 0 saturated carbocycles. The van der Waals surface area contributed by atoms with Crippen molar-refractivity contribution < 1.29 is 4.79 Å². The molecular formula is C12H13NO. The lowest BCUT2D eigenvalue weighted by Crippen LogP contribution is -1.95. The van der Waals surface area contributed by atoms with E-state index in [1.807, 2.05) is 32.3 Å². The van der Waals surface area contributed by atoms with Crippen molar-refractivity contribution in [2.75, 3.05) is 0 Å². The summed E-state index contributed by atoms with van der Waals surface area (Å²) < 4.78 is 2.07. The first-order valence-electron chi connectivity index (χ1n) is 4.73. The van der Waals surface area contributed by atoms with Crippen molar-refractivity contribution >= 4 is 17.2 Å². The molecule has 1 unspecified atom stereocenters. The number of aromatic nitrogens is 1. The van der Waals surface area contributed by atoms with E-state index in [4.69, 9.17) is 0 Å². The molecule has 1 heterocycles. The van der Waals surface area contributed by atoms with Crippen LogP contribution in [0, 0.1) is 0 Å². The standard InChI is InChI=1S/C12H13NO/c1-9(8-14)10-4-3-5-12-11(10)6-7-13(12)2/h3-9H,1-2H3. The van der Waals surface area contributed by atoms with Gasteiger partial charge in [-0.25, -0.2) is 0 Å². The van der Waals surface area contributed by atoms with E-state index in [1.165, 1.54) is 10.9 Å². The van der Waals surface area contributed by atoms with Crippen molar-refractivity contribution in [1.82, 2.24) is 4.57 Å². The van der Waals surface area contributed by atoms with Crippen LogP contribution in [0.5, 0.6) is 0 Å². The van der Waals surface area contributed by atoms with Crippen molar-refractivity contribution in [1.29, 1.82) is 0 Å². The second kappa shape index (κ2) is 3.29. The number of fused-ring (bicyclic) bond motifs is 1. The second-order valence-electron chi connectivity index (χ2n) is 3.63. The molecule has 1 aromatic carbocycles. The summed E-state index contributed by atoms with van der Waals surface area (Å²) >= 11 is 0. The predicted molar refractivity (Wildman–Crippen MR) is 57.4 cm³/mol. The maximum atomic E-state index is 10.7. The van der Waals surface area contributed by atoms with Gasteiger partial charge in [0.2, 0.25) is 0 Å². The molecule has 0 aliphatic carbocycles. The van der Waals surface area contributed by atoms with Gasteiger partial charge < -0.3 is 9.36 Å². The summed E-state index contributed by atoms with van der Waals surface area (Å²) in [6.45, 7) is 1.93. The average molecular weight is 187 g/mol. The van der Waals surface area contributed by atoms with Crippen LogP contribution in [0.3, 0.4) is 0 Å². The van der Waals surface area contributed by atoms with Gasteiger partial charge in [-0.05, 0) is 17.7 Å². The fourth-order valence-electron chi connectivity index (χ4n) is 1.80. The lowest BCUT2D eigenvalue weighted by atomic mass is 9.99. The molecule has 0 fully saturated rings. The van der Waals surface area contributed by atoms with Crippen molar-refractivity contribution in [3.8, 4) is 0 Å². The first-order valence-corrected chi connectivity index (χ1v) is 4.73. The highest BCUT2D eigenvalue weighted by molar-refractivity contribution is 5.86. The van der Waals surface area contributed by atoms with Crippen LogP contribution in [0.1, 0.15) is 18.4 Å². The highest BCUT2D eigenvalue weighted by Crippen LogP contribution is 2.24. The third kappa shape index (κ3) is 1.23. The van der Waals surface area contributed by atoms with Crippen molar-refractivity contribution in [3.63, 3.8) is 0 Å². The highest BCUT2D eigenvalue weighted by atomic mass is 16.1. The van der Waals surface area contributed by atoms with E-state index in [2.05, 4.69) is 16.7 Å². The molecule has 1 aromatic heterocycles. The monoisotopic (exact) mass is 187 g/mol. The fraction of sp³-hybridized carbons (Fsp3) is 0.250. The van der Waals surface area contributed by atoms with Crippen molar-refractivity contribution in [2.24, 2.45) is 7.05 Å². The van der Waals surface area contributed by atoms with Crippen LogP contribution in [0.2, 0.25) is 0 Å². The summed E-state index contributed by atoms with van der Waals surface area (Å²) in [6.07, 6.45) is 3.01. The number of benzene rings is 1. The summed E-state index contributed by atoms with van der Waals surface area (Å²) in [6, 6.07) is 8.14. The van der Waals surface area contributed by atoms with Crippen LogP contribution in [0.4, 0.5) is 0 Å². The molecule has 2 rings (SSSR count). The highest BCUT2D eigenvalue weighted by Gasteiger charge is 2.09. The van der Waals surface area contributed by atoms with Gasteiger partial charge in [-0.15, -0.1) is 0 Å². The molecule has 14 heavy (non-hydrogen) atoms. The van der Waals surface area contributed by atoms with Gasteiger partial charge in [0.1, 0.15) is 6.29 Å². The Labute approximate surface area is 83.2 Å². The van der Waals surface area contributed by atoms with E-state index in [9.17, 15) is 4.79 Å². The first-order chi connectivity index (χ1) is 6.74. The Hall–Kier alpha value is -1.57. The van der Waals surface area contributed by atoms with Gasteiger partial charge >= 0.3 is 0 Å².